The summed E-state index contributed by atoms with van der Waals surface area (Å²) in [7, 11) is 0. The number of rotatable bonds is 4. The standard InChI is InChI=1S/C22H24FN3O2/c23-16-6-7-18-19(13-21(27)25-20(18)12-16)22(28)24-17-8-10-26(11-9-17)14-15-4-2-1-3-5-15/h1-7,12,17,19H,8-11,13-14H2,(H,24,28)(H,25,27). The summed E-state index contributed by atoms with van der Waals surface area (Å²) in [5.74, 6) is -1.39. The number of benzene rings is 2. The first-order chi connectivity index (χ1) is 13.6. The third-order valence-electron chi connectivity index (χ3n) is 5.55. The van der Waals surface area contributed by atoms with E-state index in [1.54, 1.807) is 6.07 Å². The second-order valence-corrected chi connectivity index (χ2v) is 7.58. The number of nitrogens with zero attached hydrogens (tertiary/aromatic N) is 1. The highest BCUT2D eigenvalue weighted by Gasteiger charge is 2.32. The number of carbonyl (C=O) groups is 2. The van der Waals surface area contributed by atoms with Crippen LogP contribution in [0.25, 0.3) is 0 Å². The molecule has 1 saturated heterocycles. The molecule has 28 heavy (non-hydrogen) atoms. The normalized spacial score (nSPS) is 20.3. The van der Waals surface area contributed by atoms with Crippen LogP contribution in [0.1, 0.15) is 36.3 Å². The molecule has 146 valence electrons. The molecule has 0 aliphatic carbocycles. The van der Waals surface area contributed by atoms with Gasteiger partial charge >= 0.3 is 0 Å². The van der Waals surface area contributed by atoms with Crippen molar-refractivity contribution >= 4 is 17.5 Å². The Kier molecular flexibility index (Phi) is 5.39. The summed E-state index contributed by atoms with van der Waals surface area (Å²) < 4.78 is 13.5. The summed E-state index contributed by atoms with van der Waals surface area (Å²) in [4.78, 5) is 27.2. The lowest BCUT2D eigenvalue weighted by Gasteiger charge is -2.33. The van der Waals surface area contributed by atoms with E-state index < -0.39 is 11.7 Å². The van der Waals surface area contributed by atoms with Crippen LogP contribution < -0.4 is 10.6 Å². The van der Waals surface area contributed by atoms with Crippen molar-refractivity contribution in [3.8, 4) is 0 Å². The molecule has 6 heteroatoms. The van der Waals surface area contributed by atoms with Gasteiger partial charge in [-0.2, -0.15) is 0 Å². The molecule has 5 nitrogen and oxygen atoms in total. The van der Waals surface area contributed by atoms with Gasteiger partial charge in [0.25, 0.3) is 0 Å². The van der Waals surface area contributed by atoms with Gasteiger partial charge < -0.3 is 10.6 Å². The molecule has 2 amide bonds. The Balaban J connectivity index is 1.34. The van der Waals surface area contributed by atoms with Gasteiger partial charge in [0.1, 0.15) is 5.82 Å². The molecule has 2 aromatic rings. The molecule has 2 aliphatic heterocycles. The van der Waals surface area contributed by atoms with Crippen molar-refractivity contribution in [1.29, 1.82) is 0 Å². The van der Waals surface area contributed by atoms with Gasteiger partial charge in [0.05, 0.1) is 5.92 Å². The number of hydrogen-bond acceptors (Lipinski definition) is 3. The Morgan fingerprint density at radius 3 is 2.64 bits per heavy atom. The van der Waals surface area contributed by atoms with Crippen LogP contribution in [0, 0.1) is 5.82 Å². The summed E-state index contributed by atoms with van der Waals surface area (Å²) in [6.07, 6.45) is 1.86. The van der Waals surface area contributed by atoms with E-state index in [1.165, 1.54) is 17.7 Å². The molecule has 1 unspecified atom stereocenters. The number of nitrogens with one attached hydrogen (secondary N) is 2. The zero-order valence-corrected chi connectivity index (χ0v) is 15.7. The van der Waals surface area contributed by atoms with Gasteiger partial charge in [-0.1, -0.05) is 36.4 Å². The number of piperidine rings is 1. The van der Waals surface area contributed by atoms with Gasteiger partial charge in [-0.15, -0.1) is 0 Å². The van der Waals surface area contributed by atoms with Gasteiger partial charge in [0.15, 0.2) is 0 Å². The number of fused-ring (bicyclic) bond motifs is 1. The van der Waals surface area contributed by atoms with Crippen molar-refractivity contribution < 1.29 is 14.0 Å². The van der Waals surface area contributed by atoms with Gasteiger partial charge in [-0.25, -0.2) is 4.39 Å². The van der Waals surface area contributed by atoms with E-state index in [2.05, 4.69) is 27.7 Å². The van der Waals surface area contributed by atoms with Crippen LogP contribution in [0.5, 0.6) is 0 Å². The highest BCUT2D eigenvalue weighted by molar-refractivity contribution is 6.01. The summed E-state index contributed by atoms with van der Waals surface area (Å²) in [5, 5.41) is 5.76. The number of likely N-dealkylation sites (tertiary alicyclic amines) is 1. The fourth-order valence-electron chi connectivity index (χ4n) is 4.05. The van der Waals surface area contributed by atoms with Crippen molar-refractivity contribution in [2.24, 2.45) is 0 Å². The SMILES string of the molecule is O=C1CC(C(=O)NC2CCN(Cc3ccccc3)CC2)c2ccc(F)cc2N1. The predicted molar refractivity (Wildman–Crippen MR) is 105 cm³/mol. The van der Waals surface area contributed by atoms with Crippen LogP contribution >= 0.6 is 0 Å². The van der Waals surface area contributed by atoms with E-state index in [4.69, 9.17) is 0 Å². The van der Waals surface area contributed by atoms with Gasteiger partial charge in [0.2, 0.25) is 11.8 Å². The second-order valence-electron chi connectivity index (χ2n) is 7.58. The van der Waals surface area contributed by atoms with Crippen LogP contribution in [-0.2, 0) is 16.1 Å². The van der Waals surface area contributed by atoms with Crippen LogP contribution in [-0.4, -0.2) is 35.8 Å². The fourth-order valence-corrected chi connectivity index (χ4v) is 4.05. The minimum atomic E-state index is -0.563. The van der Waals surface area contributed by atoms with Crippen molar-refractivity contribution in [1.82, 2.24) is 10.2 Å². The second kappa shape index (κ2) is 8.10. The summed E-state index contributed by atoms with van der Waals surface area (Å²) in [6, 6.07) is 14.7. The smallest absolute Gasteiger partial charge is 0.228 e. The lowest BCUT2D eigenvalue weighted by Crippen LogP contribution is -2.46. The van der Waals surface area contributed by atoms with Gasteiger partial charge in [-0.3, -0.25) is 14.5 Å². The molecular formula is C22H24FN3O2. The maximum absolute atomic E-state index is 13.5. The van der Waals surface area contributed by atoms with Crippen LogP contribution in [0.15, 0.2) is 48.5 Å². The predicted octanol–water partition coefficient (Wildman–Crippen LogP) is 3.03. The Hall–Kier alpha value is -2.73. The molecule has 2 N–H and O–H groups in total. The zero-order chi connectivity index (χ0) is 19.5. The zero-order valence-electron chi connectivity index (χ0n) is 15.7. The quantitative estimate of drug-likeness (QED) is 0.856. The molecule has 0 aromatic heterocycles. The Bertz CT molecular complexity index is 863. The number of carbonyl (C=O) groups excluding carboxylic acids is 2. The average molecular weight is 381 g/mol. The van der Waals surface area contributed by atoms with E-state index in [0.717, 1.165) is 32.5 Å². The molecule has 0 bridgehead atoms. The first-order valence-corrected chi connectivity index (χ1v) is 9.74. The van der Waals surface area contributed by atoms with Gasteiger partial charge in [0, 0.05) is 37.8 Å². The minimum Gasteiger partial charge on any atom is -0.353 e. The highest BCUT2D eigenvalue weighted by Crippen LogP contribution is 2.33. The molecule has 1 atom stereocenters. The lowest BCUT2D eigenvalue weighted by molar-refractivity contribution is -0.127. The lowest BCUT2D eigenvalue weighted by atomic mass is 9.89. The van der Waals surface area contributed by atoms with Crippen molar-refractivity contribution in [2.75, 3.05) is 18.4 Å². The maximum Gasteiger partial charge on any atom is 0.228 e. The number of hydrogen-bond donors (Lipinski definition) is 2. The molecule has 0 spiro atoms. The molecule has 1 fully saturated rings. The number of anilines is 1. The molecule has 0 saturated carbocycles. The third-order valence-corrected chi connectivity index (χ3v) is 5.55. The van der Waals surface area contributed by atoms with Crippen molar-refractivity contribution in [2.45, 2.75) is 37.8 Å². The van der Waals surface area contributed by atoms with E-state index in [9.17, 15) is 14.0 Å². The average Bonchev–Trinajstić information content (AvgIpc) is 2.69. The Morgan fingerprint density at radius 1 is 1.14 bits per heavy atom. The molecule has 2 aromatic carbocycles. The fraction of sp³-hybridized carbons (Fsp3) is 0.364. The first kappa shape index (κ1) is 18.6. The first-order valence-electron chi connectivity index (χ1n) is 9.74. The Morgan fingerprint density at radius 2 is 1.89 bits per heavy atom. The monoisotopic (exact) mass is 381 g/mol. The molecule has 0 radical (unpaired) electrons. The van der Waals surface area contributed by atoms with Crippen LogP contribution in [0.3, 0.4) is 0 Å². The van der Waals surface area contributed by atoms with Crippen molar-refractivity contribution in [3.05, 3.63) is 65.5 Å². The third kappa shape index (κ3) is 4.22. The largest absolute Gasteiger partial charge is 0.353 e. The summed E-state index contributed by atoms with van der Waals surface area (Å²) in [5.41, 5.74) is 2.37. The van der Waals surface area contributed by atoms with E-state index >= 15 is 0 Å². The van der Waals surface area contributed by atoms with Gasteiger partial charge in [-0.05, 0) is 36.1 Å². The van der Waals surface area contributed by atoms with E-state index in [1.807, 2.05) is 18.2 Å². The van der Waals surface area contributed by atoms with Crippen LogP contribution in [0.4, 0.5) is 10.1 Å². The van der Waals surface area contributed by atoms with E-state index in [-0.39, 0.29) is 24.3 Å². The number of halogens is 1. The molecule has 4 rings (SSSR count). The van der Waals surface area contributed by atoms with Crippen molar-refractivity contribution in [3.63, 3.8) is 0 Å². The minimum absolute atomic E-state index is 0.0946. The molecular weight excluding hydrogens is 357 g/mol. The number of amides is 2. The highest BCUT2D eigenvalue weighted by atomic mass is 19.1. The molecule has 2 heterocycles. The summed E-state index contributed by atoms with van der Waals surface area (Å²) in [6.45, 7) is 2.77. The Labute approximate surface area is 163 Å². The topological polar surface area (TPSA) is 61.4 Å². The van der Waals surface area contributed by atoms with E-state index in [0.29, 0.717) is 11.3 Å². The summed E-state index contributed by atoms with van der Waals surface area (Å²) >= 11 is 0. The maximum atomic E-state index is 13.5. The van der Waals surface area contributed by atoms with Crippen LogP contribution in [0.2, 0.25) is 0 Å². The molecule has 2 aliphatic rings.